The first-order chi connectivity index (χ1) is 10.8. The van der Waals surface area contributed by atoms with E-state index >= 15 is 0 Å². The second-order valence-electron chi connectivity index (χ2n) is 4.38. The number of hydrogen-bond donors (Lipinski definition) is 0. The summed E-state index contributed by atoms with van der Waals surface area (Å²) in [5, 5.41) is -1.16. The molecule has 0 unspecified atom stereocenters. The fourth-order valence-corrected chi connectivity index (χ4v) is 1.76. The molecule has 0 N–H and O–H groups in total. The van der Waals surface area contributed by atoms with Crippen molar-refractivity contribution in [1.29, 1.82) is 0 Å². The topological polar surface area (TPSA) is 105 Å². The number of carbonyl (C=O) groups is 4. The third-order valence-electron chi connectivity index (χ3n) is 2.28. The first-order valence-electron chi connectivity index (χ1n) is 6.69. The van der Waals surface area contributed by atoms with E-state index in [2.05, 4.69) is 9.47 Å². The summed E-state index contributed by atoms with van der Waals surface area (Å²) >= 11 is 1.84. The van der Waals surface area contributed by atoms with Gasteiger partial charge in [-0.25, -0.2) is 9.59 Å². The first kappa shape index (κ1) is 21.6. The standard InChI is InChI=1S/C13H20O8S2/c1-5-22-11(16)20-7-18-9(14)13(3,4)10(15)19-8-21-12(17)23-6-2/h5-8H2,1-4H3. The summed E-state index contributed by atoms with van der Waals surface area (Å²) in [6.45, 7) is 4.91. The molecule has 0 radical (unpaired) electrons. The highest BCUT2D eigenvalue weighted by molar-refractivity contribution is 8.13. The normalized spacial score (nSPS) is 10.6. The van der Waals surface area contributed by atoms with E-state index in [4.69, 9.17) is 9.47 Å². The fraction of sp³-hybridized carbons (Fsp3) is 0.692. The Hall–Kier alpha value is -1.42. The Bertz CT molecular complexity index is 398. The highest BCUT2D eigenvalue weighted by Crippen LogP contribution is 2.20. The highest BCUT2D eigenvalue weighted by atomic mass is 32.2. The van der Waals surface area contributed by atoms with Gasteiger partial charge in [0.2, 0.25) is 13.6 Å². The largest absolute Gasteiger partial charge is 0.427 e. The molecule has 0 spiro atoms. The molecule has 0 saturated heterocycles. The van der Waals surface area contributed by atoms with Crippen LogP contribution in [0.25, 0.3) is 0 Å². The molecule has 0 fully saturated rings. The molecule has 0 bridgehead atoms. The zero-order chi connectivity index (χ0) is 17.9. The van der Waals surface area contributed by atoms with Crippen LogP contribution < -0.4 is 0 Å². The van der Waals surface area contributed by atoms with Gasteiger partial charge in [-0.05, 0) is 37.4 Å². The van der Waals surface area contributed by atoms with Gasteiger partial charge >= 0.3 is 22.5 Å². The average molecular weight is 368 g/mol. The Balaban J connectivity index is 4.21. The van der Waals surface area contributed by atoms with Gasteiger partial charge in [0.15, 0.2) is 5.41 Å². The molecule has 0 aliphatic heterocycles. The van der Waals surface area contributed by atoms with Gasteiger partial charge in [-0.3, -0.25) is 9.59 Å². The Kier molecular flexibility index (Phi) is 10.5. The number of esters is 2. The maximum atomic E-state index is 11.8. The van der Waals surface area contributed by atoms with Crippen LogP contribution >= 0.6 is 23.5 Å². The molecule has 0 aliphatic rings. The average Bonchev–Trinajstić information content (AvgIpc) is 2.47. The highest BCUT2D eigenvalue weighted by Gasteiger charge is 2.40. The van der Waals surface area contributed by atoms with Crippen molar-refractivity contribution in [3.05, 3.63) is 0 Å². The van der Waals surface area contributed by atoms with Gasteiger partial charge in [0.25, 0.3) is 0 Å². The minimum absolute atomic E-state index is 0.527. The molecular formula is C13H20O8S2. The molecule has 0 saturated carbocycles. The number of ether oxygens (including phenoxy) is 4. The van der Waals surface area contributed by atoms with Crippen LogP contribution in [0.2, 0.25) is 0 Å². The summed E-state index contributed by atoms with van der Waals surface area (Å²) in [6, 6.07) is 0. The van der Waals surface area contributed by atoms with Crippen LogP contribution in [0.1, 0.15) is 27.7 Å². The van der Waals surface area contributed by atoms with Crippen LogP contribution in [-0.4, -0.2) is 47.6 Å². The molecule has 0 aromatic rings. The number of thioether (sulfide) groups is 2. The van der Waals surface area contributed by atoms with E-state index in [0.717, 1.165) is 23.5 Å². The van der Waals surface area contributed by atoms with Crippen molar-refractivity contribution in [3.8, 4) is 0 Å². The predicted molar refractivity (Wildman–Crippen MR) is 84.9 cm³/mol. The second-order valence-corrected chi connectivity index (χ2v) is 6.78. The summed E-state index contributed by atoms with van der Waals surface area (Å²) in [7, 11) is 0. The molecule has 0 aliphatic carbocycles. The molecule has 0 aromatic carbocycles. The molecule has 10 heteroatoms. The Morgan fingerprint density at radius 2 is 1.09 bits per heavy atom. The summed E-state index contributed by atoms with van der Waals surface area (Å²) in [5.74, 6) is -0.795. The van der Waals surface area contributed by atoms with Crippen LogP contribution in [0.5, 0.6) is 0 Å². The maximum Gasteiger partial charge on any atom is 0.370 e. The van der Waals surface area contributed by atoms with Crippen molar-refractivity contribution in [2.45, 2.75) is 27.7 Å². The molecule has 0 rings (SSSR count). The number of hydrogen-bond acceptors (Lipinski definition) is 10. The molecule has 0 aromatic heterocycles. The predicted octanol–water partition coefficient (Wildman–Crippen LogP) is 2.79. The van der Waals surface area contributed by atoms with E-state index in [0.29, 0.717) is 11.5 Å². The fourth-order valence-electron chi connectivity index (χ4n) is 1.03. The lowest BCUT2D eigenvalue weighted by molar-refractivity contribution is -0.178. The number of rotatable bonds is 8. The summed E-state index contributed by atoms with van der Waals surface area (Å²) in [5.41, 5.74) is -1.63. The first-order valence-corrected chi connectivity index (χ1v) is 8.66. The van der Waals surface area contributed by atoms with E-state index in [-0.39, 0.29) is 0 Å². The molecule has 0 heterocycles. The molecule has 0 amide bonds. The molecule has 8 nitrogen and oxygen atoms in total. The maximum absolute atomic E-state index is 11.8. The third-order valence-corrected chi connectivity index (χ3v) is 3.56. The summed E-state index contributed by atoms with van der Waals surface area (Å²) in [6.07, 6.45) is 0. The molecule has 0 atom stereocenters. The van der Waals surface area contributed by atoms with Crippen molar-refractivity contribution in [3.63, 3.8) is 0 Å². The van der Waals surface area contributed by atoms with Gasteiger partial charge in [0, 0.05) is 11.5 Å². The molecular weight excluding hydrogens is 348 g/mol. The van der Waals surface area contributed by atoms with Crippen molar-refractivity contribution in [2.24, 2.45) is 5.41 Å². The van der Waals surface area contributed by atoms with Crippen molar-refractivity contribution < 1.29 is 38.1 Å². The van der Waals surface area contributed by atoms with Gasteiger partial charge in [0.1, 0.15) is 0 Å². The van der Waals surface area contributed by atoms with Crippen molar-refractivity contribution in [1.82, 2.24) is 0 Å². The Morgan fingerprint density at radius 1 is 0.739 bits per heavy atom. The number of carbonyl (C=O) groups excluding carboxylic acids is 4. The van der Waals surface area contributed by atoms with Gasteiger partial charge in [-0.2, -0.15) is 0 Å². The van der Waals surface area contributed by atoms with Gasteiger partial charge in [0.05, 0.1) is 0 Å². The lowest BCUT2D eigenvalue weighted by atomic mass is 9.94. The van der Waals surface area contributed by atoms with Crippen molar-refractivity contribution in [2.75, 3.05) is 25.1 Å². The lowest BCUT2D eigenvalue weighted by Crippen LogP contribution is -2.37. The van der Waals surface area contributed by atoms with E-state index in [1.165, 1.54) is 13.8 Å². The van der Waals surface area contributed by atoms with Gasteiger partial charge in [-0.15, -0.1) is 0 Å². The summed E-state index contributed by atoms with van der Waals surface area (Å²) < 4.78 is 18.7. The summed E-state index contributed by atoms with van der Waals surface area (Å²) in [4.78, 5) is 45.8. The Labute approximate surface area is 142 Å². The zero-order valence-corrected chi connectivity index (χ0v) is 15.0. The lowest BCUT2D eigenvalue weighted by Gasteiger charge is -2.20. The van der Waals surface area contributed by atoms with E-state index in [9.17, 15) is 19.2 Å². The van der Waals surface area contributed by atoms with E-state index in [1.54, 1.807) is 13.8 Å². The minimum Gasteiger partial charge on any atom is -0.427 e. The Morgan fingerprint density at radius 3 is 1.39 bits per heavy atom. The monoisotopic (exact) mass is 368 g/mol. The van der Waals surface area contributed by atoms with Gasteiger partial charge < -0.3 is 18.9 Å². The third kappa shape index (κ3) is 8.70. The zero-order valence-electron chi connectivity index (χ0n) is 13.4. The van der Waals surface area contributed by atoms with Crippen molar-refractivity contribution >= 4 is 46.1 Å². The SMILES string of the molecule is CCSC(=O)OCOC(=O)C(C)(C)C(=O)OCOC(=O)SCC. The second kappa shape index (κ2) is 11.2. The molecule has 23 heavy (non-hydrogen) atoms. The minimum atomic E-state index is -1.63. The molecule has 132 valence electrons. The van der Waals surface area contributed by atoms with Crippen LogP contribution in [0.3, 0.4) is 0 Å². The van der Waals surface area contributed by atoms with E-state index < -0.39 is 41.5 Å². The van der Waals surface area contributed by atoms with E-state index in [1.807, 2.05) is 0 Å². The van der Waals surface area contributed by atoms with Crippen LogP contribution in [0.15, 0.2) is 0 Å². The van der Waals surface area contributed by atoms with Crippen LogP contribution in [0, 0.1) is 5.41 Å². The quantitative estimate of drug-likeness (QED) is 0.361. The van der Waals surface area contributed by atoms with Crippen LogP contribution in [-0.2, 0) is 28.5 Å². The van der Waals surface area contributed by atoms with Gasteiger partial charge in [-0.1, -0.05) is 13.8 Å². The smallest absolute Gasteiger partial charge is 0.370 e. The van der Waals surface area contributed by atoms with Crippen LogP contribution in [0.4, 0.5) is 9.59 Å².